The van der Waals surface area contributed by atoms with Crippen molar-refractivity contribution >= 4 is 11.6 Å². The number of ketones is 2. The molecule has 0 saturated carbocycles. The molecule has 1 heterocycles. The molecule has 158 valence electrons. The lowest BCUT2D eigenvalue weighted by Gasteiger charge is -2.38. The Morgan fingerprint density at radius 1 is 0.677 bits per heavy atom. The van der Waals surface area contributed by atoms with Gasteiger partial charge in [-0.25, -0.2) is 0 Å². The highest BCUT2D eigenvalue weighted by Gasteiger charge is 2.31. The lowest BCUT2D eigenvalue weighted by atomic mass is 9.95. The number of carbonyl (C=O) groups is 2. The van der Waals surface area contributed by atoms with Crippen molar-refractivity contribution in [1.29, 1.82) is 0 Å². The third-order valence-corrected chi connectivity index (χ3v) is 5.93. The van der Waals surface area contributed by atoms with E-state index < -0.39 is 6.04 Å². The average molecular weight is 413 g/mol. The van der Waals surface area contributed by atoms with Crippen molar-refractivity contribution in [2.24, 2.45) is 0 Å². The summed E-state index contributed by atoms with van der Waals surface area (Å²) in [4.78, 5) is 30.9. The first kappa shape index (κ1) is 21.2. The maximum absolute atomic E-state index is 13.4. The maximum Gasteiger partial charge on any atom is 0.180 e. The molecule has 0 radical (unpaired) electrons. The number of hydrogen-bond donors (Lipinski definition) is 0. The van der Waals surface area contributed by atoms with E-state index in [1.165, 1.54) is 5.56 Å². The number of Topliss-reactive ketones (excluding diaryl/α,β-unsaturated/α-hetero) is 2. The molecule has 0 spiro atoms. The van der Waals surface area contributed by atoms with Crippen LogP contribution in [0, 0.1) is 0 Å². The molecule has 0 aliphatic carbocycles. The van der Waals surface area contributed by atoms with Gasteiger partial charge < -0.3 is 0 Å². The molecule has 0 bridgehead atoms. The van der Waals surface area contributed by atoms with Gasteiger partial charge in [-0.2, -0.15) is 0 Å². The summed E-state index contributed by atoms with van der Waals surface area (Å²) >= 11 is 0. The van der Waals surface area contributed by atoms with Crippen LogP contribution in [0.3, 0.4) is 0 Å². The van der Waals surface area contributed by atoms with E-state index >= 15 is 0 Å². The first-order chi connectivity index (χ1) is 15.2. The molecule has 0 unspecified atom stereocenters. The van der Waals surface area contributed by atoms with Crippen molar-refractivity contribution < 1.29 is 9.59 Å². The number of nitrogens with zero attached hydrogens (tertiary/aromatic N) is 2. The van der Waals surface area contributed by atoms with E-state index in [0.29, 0.717) is 11.1 Å². The van der Waals surface area contributed by atoms with E-state index in [1.807, 2.05) is 66.7 Å². The predicted molar refractivity (Wildman–Crippen MR) is 123 cm³/mol. The fourth-order valence-electron chi connectivity index (χ4n) is 4.17. The van der Waals surface area contributed by atoms with Crippen LogP contribution in [0.2, 0.25) is 0 Å². The van der Waals surface area contributed by atoms with E-state index in [4.69, 9.17) is 0 Å². The molecule has 31 heavy (non-hydrogen) atoms. The Labute approximate surface area is 184 Å². The normalized spacial score (nSPS) is 16.0. The molecule has 4 heteroatoms. The molecule has 1 aliphatic heterocycles. The van der Waals surface area contributed by atoms with Crippen LogP contribution in [0.4, 0.5) is 0 Å². The number of piperazine rings is 1. The second-order valence-electron chi connectivity index (χ2n) is 8.04. The van der Waals surface area contributed by atoms with Crippen molar-refractivity contribution in [3.63, 3.8) is 0 Å². The third-order valence-electron chi connectivity index (χ3n) is 5.93. The van der Waals surface area contributed by atoms with Gasteiger partial charge in [0, 0.05) is 50.3 Å². The molecular formula is C27H28N2O2. The van der Waals surface area contributed by atoms with E-state index in [0.717, 1.165) is 32.7 Å². The minimum absolute atomic E-state index is 0.0154. The molecule has 3 aromatic rings. The van der Waals surface area contributed by atoms with Crippen LogP contribution >= 0.6 is 0 Å². The Morgan fingerprint density at radius 3 is 1.77 bits per heavy atom. The quantitative estimate of drug-likeness (QED) is 0.517. The average Bonchev–Trinajstić information content (AvgIpc) is 2.84. The monoisotopic (exact) mass is 412 g/mol. The smallest absolute Gasteiger partial charge is 0.180 e. The van der Waals surface area contributed by atoms with Crippen LogP contribution < -0.4 is 0 Å². The molecule has 4 rings (SSSR count). The van der Waals surface area contributed by atoms with Gasteiger partial charge in [0.15, 0.2) is 11.6 Å². The molecule has 1 fully saturated rings. The fourth-order valence-corrected chi connectivity index (χ4v) is 4.17. The van der Waals surface area contributed by atoms with Crippen molar-refractivity contribution in [2.45, 2.75) is 19.0 Å². The lowest BCUT2D eigenvalue weighted by Crippen LogP contribution is -2.53. The van der Waals surface area contributed by atoms with Crippen molar-refractivity contribution in [3.8, 4) is 0 Å². The minimum atomic E-state index is -0.436. The zero-order valence-corrected chi connectivity index (χ0v) is 17.7. The summed E-state index contributed by atoms with van der Waals surface area (Å²) in [7, 11) is 0. The zero-order valence-electron chi connectivity index (χ0n) is 17.7. The standard InChI is InChI=1S/C27H28N2O2/c30-26(23-12-6-2-7-13-23)20-25(27(31)24-14-8-3-9-15-24)29-18-16-28(17-19-29)21-22-10-4-1-5-11-22/h1-15,25H,16-21H2/t25-/m1/s1. The molecule has 3 aromatic carbocycles. The second-order valence-corrected chi connectivity index (χ2v) is 8.04. The number of benzene rings is 3. The Bertz CT molecular complexity index is 982. The van der Waals surface area contributed by atoms with E-state index in [-0.39, 0.29) is 18.0 Å². The molecule has 1 aliphatic rings. The Morgan fingerprint density at radius 2 is 1.19 bits per heavy atom. The molecule has 0 aromatic heterocycles. The van der Waals surface area contributed by atoms with Gasteiger partial charge in [-0.1, -0.05) is 91.0 Å². The second kappa shape index (κ2) is 10.3. The van der Waals surface area contributed by atoms with Crippen molar-refractivity contribution in [3.05, 3.63) is 108 Å². The van der Waals surface area contributed by atoms with Gasteiger partial charge in [-0.05, 0) is 5.56 Å². The van der Waals surface area contributed by atoms with Crippen LogP contribution in [-0.2, 0) is 6.54 Å². The summed E-state index contributed by atoms with van der Waals surface area (Å²) < 4.78 is 0. The summed E-state index contributed by atoms with van der Waals surface area (Å²) in [6.45, 7) is 4.23. The van der Waals surface area contributed by atoms with Crippen LogP contribution in [-0.4, -0.2) is 53.6 Å². The van der Waals surface area contributed by atoms with E-state index in [2.05, 4.69) is 34.1 Å². The maximum atomic E-state index is 13.4. The number of carbonyl (C=O) groups excluding carboxylic acids is 2. The molecule has 0 N–H and O–H groups in total. The summed E-state index contributed by atoms with van der Waals surface area (Å²) in [5.41, 5.74) is 2.63. The van der Waals surface area contributed by atoms with Crippen molar-refractivity contribution in [1.82, 2.24) is 9.80 Å². The Kier molecular flexibility index (Phi) is 7.03. The number of hydrogen-bond acceptors (Lipinski definition) is 4. The highest BCUT2D eigenvalue weighted by Crippen LogP contribution is 2.19. The topological polar surface area (TPSA) is 40.6 Å². The van der Waals surface area contributed by atoms with Gasteiger partial charge >= 0.3 is 0 Å². The SMILES string of the molecule is O=C(C[C@H](C(=O)c1ccccc1)N1CCN(Cc2ccccc2)CC1)c1ccccc1. The predicted octanol–water partition coefficient (Wildman–Crippen LogP) is 4.33. The summed E-state index contributed by atoms with van der Waals surface area (Å²) in [6.07, 6.45) is 0.205. The minimum Gasteiger partial charge on any atom is -0.297 e. The lowest BCUT2D eigenvalue weighted by molar-refractivity contribution is 0.0599. The Hall–Kier alpha value is -3.08. The molecule has 0 amide bonds. The zero-order chi connectivity index (χ0) is 21.5. The van der Waals surface area contributed by atoms with E-state index in [1.54, 1.807) is 0 Å². The van der Waals surface area contributed by atoms with Gasteiger partial charge in [0.1, 0.15) is 0 Å². The largest absolute Gasteiger partial charge is 0.297 e. The highest BCUT2D eigenvalue weighted by molar-refractivity contribution is 6.05. The van der Waals surface area contributed by atoms with Crippen molar-refractivity contribution in [2.75, 3.05) is 26.2 Å². The highest BCUT2D eigenvalue weighted by atomic mass is 16.1. The van der Waals surface area contributed by atoms with Gasteiger partial charge in [-0.3, -0.25) is 19.4 Å². The van der Waals surface area contributed by atoms with Crippen LogP contribution in [0.25, 0.3) is 0 Å². The fraction of sp³-hybridized carbons (Fsp3) is 0.259. The summed E-state index contributed by atoms with van der Waals surface area (Å²) in [5, 5.41) is 0. The van der Waals surface area contributed by atoms with Crippen LogP contribution in [0.5, 0.6) is 0 Å². The first-order valence-corrected chi connectivity index (χ1v) is 10.9. The molecule has 4 nitrogen and oxygen atoms in total. The third kappa shape index (κ3) is 5.54. The van der Waals surface area contributed by atoms with Crippen LogP contribution in [0.1, 0.15) is 32.7 Å². The van der Waals surface area contributed by atoms with Gasteiger partial charge in [0.2, 0.25) is 0 Å². The van der Waals surface area contributed by atoms with Gasteiger partial charge in [-0.15, -0.1) is 0 Å². The van der Waals surface area contributed by atoms with Gasteiger partial charge in [0.25, 0.3) is 0 Å². The van der Waals surface area contributed by atoms with Crippen LogP contribution in [0.15, 0.2) is 91.0 Å². The molecular weight excluding hydrogens is 384 g/mol. The molecule has 1 atom stereocenters. The summed E-state index contributed by atoms with van der Waals surface area (Å²) in [5.74, 6) is 0.0444. The Balaban J connectivity index is 1.46. The number of rotatable bonds is 8. The molecule has 1 saturated heterocycles. The summed E-state index contributed by atoms with van der Waals surface area (Å²) in [6, 6.07) is 28.6. The van der Waals surface area contributed by atoms with E-state index in [9.17, 15) is 9.59 Å². The van der Waals surface area contributed by atoms with Gasteiger partial charge in [0.05, 0.1) is 6.04 Å². The first-order valence-electron chi connectivity index (χ1n) is 10.9.